The molecule has 15 heavy (non-hydrogen) atoms. The summed E-state index contributed by atoms with van der Waals surface area (Å²) in [6.07, 6.45) is 2.27. The summed E-state index contributed by atoms with van der Waals surface area (Å²) in [6.45, 7) is 5.43. The standard InChI is InChI=1S/C11H19NO3/c1-3-12(11(14)7-9(2)13)8-10-5-4-6-15-10/h10H,3-8H2,1-2H3. The second-order valence-corrected chi connectivity index (χ2v) is 3.95. The number of hydrogen-bond donors (Lipinski definition) is 0. The summed E-state index contributed by atoms with van der Waals surface area (Å²) in [4.78, 5) is 24.2. The fraction of sp³-hybridized carbons (Fsp3) is 0.818. The fourth-order valence-corrected chi connectivity index (χ4v) is 1.77. The quantitative estimate of drug-likeness (QED) is 0.640. The highest BCUT2D eigenvalue weighted by molar-refractivity contribution is 5.96. The van der Waals surface area contributed by atoms with Crippen molar-refractivity contribution in [3.05, 3.63) is 0 Å². The van der Waals surface area contributed by atoms with Gasteiger partial charge in [0.1, 0.15) is 5.78 Å². The average molecular weight is 213 g/mol. The van der Waals surface area contributed by atoms with Gasteiger partial charge in [-0.15, -0.1) is 0 Å². The maximum atomic E-state index is 11.6. The Kier molecular flexibility index (Phi) is 4.75. The zero-order valence-electron chi connectivity index (χ0n) is 9.49. The zero-order valence-corrected chi connectivity index (χ0v) is 9.49. The first-order chi connectivity index (χ1) is 7.13. The van der Waals surface area contributed by atoms with Crippen LogP contribution in [0.1, 0.15) is 33.1 Å². The molecule has 1 fully saturated rings. The first kappa shape index (κ1) is 12.2. The highest BCUT2D eigenvalue weighted by atomic mass is 16.5. The number of likely N-dealkylation sites (N-methyl/N-ethyl adjacent to an activating group) is 1. The van der Waals surface area contributed by atoms with Crippen LogP contribution in [-0.2, 0) is 14.3 Å². The van der Waals surface area contributed by atoms with E-state index in [1.165, 1.54) is 6.92 Å². The van der Waals surface area contributed by atoms with E-state index in [2.05, 4.69) is 0 Å². The van der Waals surface area contributed by atoms with E-state index in [0.717, 1.165) is 19.4 Å². The molecule has 4 nitrogen and oxygen atoms in total. The molecule has 86 valence electrons. The van der Waals surface area contributed by atoms with Crippen LogP contribution in [0.3, 0.4) is 0 Å². The van der Waals surface area contributed by atoms with Gasteiger partial charge in [-0.05, 0) is 26.7 Å². The molecule has 1 aliphatic rings. The number of rotatable bonds is 5. The molecule has 1 rings (SSSR count). The Hall–Kier alpha value is -0.900. The van der Waals surface area contributed by atoms with Gasteiger partial charge >= 0.3 is 0 Å². The molecule has 0 aromatic carbocycles. The van der Waals surface area contributed by atoms with Crippen molar-refractivity contribution in [2.75, 3.05) is 19.7 Å². The van der Waals surface area contributed by atoms with Crippen molar-refractivity contribution in [3.8, 4) is 0 Å². The molecule has 0 N–H and O–H groups in total. The van der Waals surface area contributed by atoms with Crippen molar-refractivity contribution in [1.29, 1.82) is 0 Å². The maximum absolute atomic E-state index is 11.6. The number of nitrogens with zero attached hydrogens (tertiary/aromatic N) is 1. The number of ether oxygens (including phenoxy) is 1. The fourth-order valence-electron chi connectivity index (χ4n) is 1.77. The van der Waals surface area contributed by atoms with Crippen molar-refractivity contribution in [2.45, 2.75) is 39.2 Å². The molecule has 0 saturated carbocycles. The van der Waals surface area contributed by atoms with E-state index >= 15 is 0 Å². The number of carbonyl (C=O) groups is 2. The normalized spacial score (nSPS) is 20.3. The summed E-state index contributed by atoms with van der Waals surface area (Å²) in [5.41, 5.74) is 0. The van der Waals surface area contributed by atoms with E-state index in [0.29, 0.717) is 13.1 Å². The van der Waals surface area contributed by atoms with Crippen molar-refractivity contribution in [2.24, 2.45) is 0 Å². The summed E-state index contributed by atoms with van der Waals surface area (Å²) in [7, 11) is 0. The van der Waals surface area contributed by atoms with Crippen molar-refractivity contribution in [3.63, 3.8) is 0 Å². The summed E-state index contributed by atoms with van der Waals surface area (Å²) < 4.78 is 5.46. The highest BCUT2D eigenvalue weighted by Gasteiger charge is 2.21. The van der Waals surface area contributed by atoms with E-state index < -0.39 is 0 Å². The van der Waals surface area contributed by atoms with E-state index in [1.54, 1.807) is 4.90 Å². The SMILES string of the molecule is CCN(CC1CCCO1)C(=O)CC(C)=O. The number of amides is 1. The van der Waals surface area contributed by atoms with Gasteiger partial charge in [0.2, 0.25) is 5.91 Å². The van der Waals surface area contributed by atoms with Crippen LogP contribution < -0.4 is 0 Å². The first-order valence-corrected chi connectivity index (χ1v) is 5.52. The number of hydrogen-bond acceptors (Lipinski definition) is 3. The van der Waals surface area contributed by atoms with Gasteiger partial charge in [0.05, 0.1) is 12.5 Å². The lowest BCUT2D eigenvalue weighted by atomic mass is 10.2. The predicted octanol–water partition coefficient (Wildman–Crippen LogP) is 0.993. The van der Waals surface area contributed by atoms with Crippen LogP contribution in [0.5, 0.6) is 0 Å². The van der Waals surface area contributed by atoms with Crippen LogP contribution in [0.2, 0.25) is 0 Å². The largest absolute Gasteiger partial charge is 0.376 e. The van der Waals surface area contributed by atoms with Crippen molar-refractivity contribution >= 4 is 11.7 Å². The molecular formula is C11H19NO3. The lowest BCUT2D eigenvalue weighted by molar-refractivity contribution is -0.135. The number of carbonyl (C=O) groups excluding carboxylic acids is 2. The lowest BCUT2D eigenvalue weighted by Gasteiger charge is -2.23. The van der Waals surface area contributed by atoms with Crippen LogP contribution in [0.25, 0.3) is 0 Å². The van der Waals surface area contributed by atoms with E-state index in [4.69, 9.17) is 4.74 Å². The Morgan fingerprint density at radius 3 is 2.67 bits per heavy atom. The molecule has 0 aromatic heterocycles. The van der Waals surface area contributed by atoms with Crippen molar-refractivity contribution in [1.82, 2.24) is 4.90 Å². The molecule has 1 saturated heterocycles. The molecular weight excluding hydrogens is 194 g/mol. The van der Waals surface area contributed by atoms with Gasteiger partial charge in [-0.1, -0.05) is 0 Å². The van der Waals surface area contributed by atoms with E-state index in [1.807, 2.05) is 6.92 Å². The van der Waals surface area contributed by atoms with E-state index in [9.17, 15) is 9.59 Å². The topological polar surface area (TPSA) is 46.6 Å². The molecule has 1 heterocycles. The van der Waals surface area contributed by atoms with Gasteiger partial charge in [-0.25, -0.2) is 0 Å². The third kappa shape index (κ3) is 4.00. The first-order valence-electron chi connectivity index (χ1n) is 5.52. The highest BCUT2D eigenvalue weighted by Crippen LogP contribution is 2.13. The Bertz CT molecular complexity index is 234. The summed E-state index contributed by atoms with van der Waals surface area (Å²) in [6, 6.07) is 0. The smallest absolute Gasteiger partial charge is 0.230 e. The van der Waals surface area contributed by atoms with Gasteiger partial charge in [-0.2, -0.15) is 0 Å². The van der Waals surface area contributed by atoms with Crippen LogP contribution in [-0.4, -0.2) is 42.4 Å². The Morgan fingerprint density at radius 2 is 2.20 bits per heavy atom. The Balaban J connectivity index is 2.39. The van der Waals surface area contributed by atoms with Gasteiger partial charge in [0, 0.05) is 19.7 Å². The molecule has 1 amide bonds. The van der Waals surface area contributed by atoms with Crippen molar-refractivity contribution < 1.29 is 14.3 Å². The molecule has 1 aliphatic heterocycles. The summed E-state index contributed by atoms with van der Waals surface area (Å²) in [5.74, 6) is -0.161. The molecule has 4 heteroatoms. The summed E-state index contributed by atoms with van der Waals surface area (Å²) >= 11 is 0. The number of ketones is 1. The average Bonchev–Trinajstić information content (AvgIpc) is 2.65. The van der Waals surface area contributed by atoms with Crippen LogP contribution >= 0.6 is 0 Å². The minimum Gasteiger partial charge on any atom is -0.376 e. The van der Waals surface area contributed by atoms with Crippen LogP contribution in [0, 0.1) is 0 Å². The lowest BCUT2D eigenvalue weighted by Crippen LogP contribution is -2.37. The molecule has 0 spiro atoms. The van der Waals surface area contributed by atoms with Gasteiger partial charge in [-0.3, -0.25) is 9.59 Å². The zero-order chi connectivity index (χ0) is 11.3. The minimum absolute atomic E-state index is 0.0144. The second kappa shape index (κ2) is 5.85. The van der Waals surface area contributed by atoms with Gasteiger partial charge in [0.25, 0.3) is 0 Å². The predicted molar refractivity (Wildman–Crippen MR) is 56.5 cm³/mol. The van der Waals surface area contributed by atoms with Crippen LogP contribution in [0.15, 0.2) is 0 Å². The van der Waals surface area contributed by atoms with Crippen LogP contribution in [0.4, 0.5) is 0 Å². The minimum atomic E-state index is -0.0829. The molecule has 0 aromatic rings. The number of Topliss-reactive ketones (excluding diaryl/α,β-unsaturated/α-hetero) is 1. The summed E-state index contributed by atoms with van der Waals surface area (Å²) in [5, 5.41) is 0. The molecule has 1 atom stereocenters. The molecule has 0 radical (unpaired) electrons. The maximum Gasteiger partial charge on any atom is 0.230 e. The monoisotopic (exact) mass is 213 g/mol. The van der Waals surface area contributed by atoms with E-state index in [-0.39, 0.29) is 24.2 Å². The van der Waals surface area contributed by atoms with Gasteiger partial charge < -0.3 is 9.64 Å². The third-order valence-corrected chi connectivity index (χ3v) is 2.58. The molecule has 1 unspecified atom stereocenters. The molecule has 0 bridgehead atoms. The second-order valence-electron chi connectivity index (χ2n) is 3.95. The molecule has 0 aliphatic carbocycles. The Labute approximate surface area is 90.6 Å². The van der Waals surface area contributed by atoms with Gasteiger partial charge in [0.15, 0.2) is 0 Å². The third-order valence-electron chi connectivity index (χ3n) is 2.58. The Morgan fingerprint density at radius 1 is 1.47 bits per heavy atom.